The Morgan fingerprint density at radius 2 is 1.71 bits per heavy atom. The highest BCUT2D eigenvalue weighted by Crippen LogP contribution is 2.01. The average Bonchev–Trinajstić information content (AvgIpc) is 2.45. The Morgan fingerprint density at radius 3 is 2.33 bits per heavy atom. The molecule has 0 aliphatic carbocycles. The Balaban J connectivity index is 2.32. The third-order valence-corrected chi connectivity index (χ3v) is 2.38. The molecule has 0 atom stereocenters. The highest BCUT2D eigenvalue weighted by atomic mass is 16.5. The van der Waals surface area contributed by atoms with E-state index in [1.807, 2.05) is 16.9 Å². The van der Waals surface area contributed by atoms with Gasteiger partial charge in [-0.1, -0.05) is 30.3 Å². The van der Waals surface area contributed by atoms with Crippen LogP contribution >= 0.6 is 0 Å². The molecule has 0 fully saturated rings. The number of hydrazine groups is 1. The Hall–Kier alpha value is -2.70. The molecule has 1 aromatic carbocycles. The maximum atomic E-state index is 11.6. The number of nitrogens with one attached hydrogen (secondary N) is 2. The molecule has 1 aromatic rings. The van der Waals surface area contributed by atoms with Crippen LogP contribution in [0.3, 0.4) is 0 Å². The molecule has 0 bridgehead atoms. The van der Waals surface area contributed by atoms with Crippen molar-refractivity contribution in [2.45, 2.75) is 19.8 Å². The lowest BCUT2D eigenvalue weighted by Crippen LogP contribution is -2.46. The van der Waals surface area contributed by atoms with Crippen molar-refractivity contribution < 1.29 is 23.9 Å². The Labute approximate surface area is 121 Å². The topological polar surface area (TPSA) is 102 Å². The largest absolute Gasteiger partial charge is 0.459 e. The second-order valence-corrected chi connectivity index (χ2v) is 4.10. The number of ether oxygens (including phenoxy) is 1. The van der Waals surface area contributed by atoms with Gasteiger partial charge in [-0.2, -0.15) is 0 Å². The maximum Gasteiger partial charge on any atom is 0.398 e. The third kappa shape index (κ3) is 6.33. The van der Waals surface area contributed by atoms with Gasteiger partial charge >= 0.3 is 11.9 Å². The first-order chi connectivity index (χ1) is 10.0. The van der Waals surface area contributed by atoms with Gasteiger partial charge in [-0.15, -0.1) is 0 Å². The van der Waals surface area contributed by atoms with E-state index in [0.29, 0.717) is 0 Å². The standard InChI is InChI=1S/C14H16N2O5/c1-2-21-14(20)13(19)16-15-12(18)9-11(17)8-10-6-4-3-5-7-10/h3-7H,2,8-9H2,1H3,(H,15,18)(H,16,19). The van der Waals surface area contributed by atoms with Crippen molar-refractivity contribution in [3.05, 3.63) is 35.9 Å². The van der Waals surface area contributed by atoms with Crippen molar-refractivity contribution in [2.75, 3.05) is 6.61 Å². The van der Waals surface area contributed by atoms with Gasteiger partial charge in [0, 0.05) is 6.42 Å². The molecule has 0 heterocycles. The summed E-state index contributed by atoms with van der Waals surface area (Å²) in [6, 6.07) is 8.97. The van der Waals surface area contributed by atoms with Crippen LogP contribution in [0.4, 0.5) is 0 Å². The minimum Gasteiger partial charge on any atom is -0.459 e. The molecule has 21 heavy (non-hydrogen) atoms. The number of benzene rings is 1. The summed E-state index contributed by atoms with van der Waals surface area (Å²) in [5.41, 5.74) is 4.65. The smallest absolute Gasteiger partial charge is 0.398 e. The molecule has 0 unspecified atom stereocenters. The Morgan fingerprint density at radius 1 is 1.05 bits per heavy atom. The zero-order chi connectivity index (χ0) is 15.7. The summed E-state index contributed by atoms with van der Waals surface area (Å²) in [7, 11) is 0. The van der Waals surface area contributed by atoms with Gasteiger partial charge in [0.2, 0.25) is 5.91 Å². The van der Waals surface area contributed by atoms with Crippen LogP contribution in [-0.4, -0.2) is 30.2 Å². The van der Waals surface area contributed by atoms with E-state index in [-0.39, 0.29) is 18.8 Å². The van der Waals surface area contributed by atoms with Crippen molar-refractivity contribution in [2.24, 2.45) is 0 Å². The van der Waals surface area contributed by atoms with Crippen molar-refractivity contribution in [1.29, 1.82) is 0 Å². The first-order valence-electron chi connectivity index (χ1n) is 6.34. The molecule has 0 aromatic heterocycles. The molecule has 0 radical (unpaired) electrons. The van der Waals surface area contributed by atoms with E-state index in [1.54, 1.807) is 31.2 Å². The van der Waals surface area contributed by atoms with Gasteiger partial charge < -0.3 is 4.74 Å². The van der Waals surface area contributed by atoms with E-state index in [9.17, 15) is 19.2 Å². The van der Waals surface area contributed by atoms with Crippen LogP contribution in [0, 0.1) is 0 Å². The zero-order valence-corrected chi connectivity index (χ0v) is 11.5. The van der Waals surface area contributed by atoms with Gasteiger partial charge in [-0.25, -0.2) is 4.79 Å². The highest BCUT2D eigenvalue weighted by molar-refractivity contribution is 6.32. The van der Waals surface area contributed by atoms with E-state index in [2.05, 4.69) is 4.74 Å². The minimum absolute atomic E-state index is 0.0514. The number of carbonyl (C=O) groups is 4. The lowest BCUT2D eigenvalue weighted by atomic mass is 10.1. The predicted octanol–water partition coefficient (Wildman–Crippen LogP) is -0.101. The lowest BCUT2D eigenvalue weighted by Gasteiger charge is -2.06. The first-order valence-corrected chi connectivity index (χ1v) is 6.34. The van der Waals surface area contributed by atoms with E-state index in [0.717, 1.165) is 5.56 Å². The third-order valence-electron chi connectivity index (χ3n) is 2.38. The summed E-state index contributed by atoms with van der Waals surface area (Å²) < 4.78 is 4.43. The lowest BCUT2D eigenvalue weighted by molar-refractivity contribution is -0.155. The van der Waals surface area contributed by atoms with E-state index >= 15 is 0 Å². The molecule has 7 heteroatoms. The second kappa shape index (κ2) is 8.47. The van der Waals surface area contributed by atoms with E-state index in [4.69, 9.17) is 0 Å². The molecule has 2 N–H and O–H groups in total. The SMILES string of the molecule is CCOC(=O)C(=O)NNC(=O)CC(=O)Cc1ccccc1. The summed E-state index contributed by atoms with van der Waals surface area (Å²) >= 11 is 0. The van der Waals surface area contributed by atoms with Crippen LogP contribution in [0.2, 0.25) is 0 Å². The second-order valence-electron chi connectivity index (χ2n) is 4.10. The highest BCUT2D eigenvalue weighted by Gasteiger charge is 2.16. The number of ketones is 1. The molecular formula is C14H16N2O5. The van der Waals surface area contributed by atoms with Crippen LogP contribution < -0.4 is 10.9 Å². The number of amides is 2. The van der Waals surface area contributed by atoms with Crippen LogP contribution in [0.15, 0.2) is 30.3 Å². The van der Waals surface area contributed by atoms with Gasteiger partial charge in [0.15, 0.2) is 0 Å². The molecule has 0 spiro atoms. The van der Waals surface area contributed by atoms with Crippen molar-refractivity contribution in [3.63, 3.8) is 0 Å². The zero-order valence-electron chi connectivity index (χ0n) is 11.5. The van der Waals surface area contributed by atoms with Gasteiger partial charge in [-0.05, 0) is 12.5 Å². The fourth-order valence-electron chi connectivity index (χ4n) is 1.48. The fraction of sp³-hybridized carbons (Fsp3) is 0.286. The maximum absolute atomic E-state index is 11.6. The molecule has 0 aliphatic rings. The monoisotopic (exact) mass is 292 g/mol. The number of rotatable bonds is 5. The van der Waals surface area contributed by atoms with Crippen LogP contribution in [0.25, 0.3) is 0 Å². The summed E-state index contributed by atoms with van der Waals surface area (Å²) in [5, 5.41) is 0. The summed E-state index contributed by atoms with van der Waals surface area (Å²) in [4.78, 5) is 45.2. The fourth-order valence-corrected chi connectivity index (χ4v) is 1.48. The van der Waals surface area contributed by atoms with Gasteiger partial charge in [0.1, 0.15) is 5.78 Å². The van der Waals surface area contributed by atoms with Crippen LogP contribution in [0.1, 0.15) is 18.9 Å². The minimum atomic E-state index is -1.10. The van der Waals surface area contributed by atoms with Crippen molar-refractivity contribution in [3.8, 4) is 0 Å². The van der Waals surface area contributed by atoms with Gasteiger partial charge in [0.05, 0.1) is 13.0 Å². The molecular weight excluding hydrogens is 276 g/mol. The molecule has 7 nitrogen and oxygen atoms in total. The summed E-state index contributed by atoms with van der Waals surface area (Å²) in [5.74, 6) is -3.20. The van der Waals surface area contributed by atoms with Gasteiger partial charge in [-0.3, -0.25) is 25.2 Å². The molecule has 112 valence electrons. The number of carbonyl (C=O) groups excluding carboxylic acids is 4. The Kier molecular flexibility index (Phi) is 6.59. The number of esters is 1. The molecule has 0 saturated carbocycles. The quantitative estimate of drug-likeness (QED) is 0.341. The summed E-state index contributed by atoms with van der Waals surface area (Å²) in [6.07, 6.45) is -0.266. The molecule has 1 rings (SSSR count). The van der Waals surface area contributed by atoms with Gasteiger partial charge in [0.25, 0.3) is 0 Å². The van der Waals surface area contributed by atoms with Crippen LogP contribution in [0.5, 0.6) is 0 Å². The molecule has 0 aliphatic heterocycles. The number of hydrogen-bond acceptors (Lipinski definition) is 5. The summed E-state index contributed by atoms with van der Waals surface area (Å²) in [6.45, 7) is 1.60. The number of hydrogen-bond donors (Lipinski definition) is 2. The van der Waals surface area contributed by atoms with Crippen molar-refractivity contribution >= 4 is 23.6 Å². The van der Waals surface area contributed by atoms with E-state index < -0.39 is 24.2 Å². The van der Waals surface area contributed by atoms with Crippen molar-refractivity contribution in [1.82, 2.24) is 10.9 Å². The first kappa shape index (κ1) is 16.4. The predicted molar refractivity (Wildman–Crippen MR) is 72.7 cm³/mol. The molecule has 0 saturated heterocycles. The number of Topliss-reactive ketones (excluding diaryl/α,β-unsaturated/α-hetero) is 1. The van der Waals surface area contributed by atoms with E-state index in [1.165, 1.54) is 0 Å². The Bertz CT molecular complexity index is 527. The molecule has 2 amide bonds. The van der Waals surface area contributed by atoms with Crippen LogP contribution in [-0.2, 0) is 30.3 Å². The average molecular weight is 292 g/mol. The normalized spacial score (nSPS) is 9.57.